The van der Waals surface area contributed by atoms with E-state index in [4.69, 9.17) is 10.5 Å². The summed E-state index contributed by atoms with van der Waals surface area (Å²) in [7, 11) is 0. The lowest BCUT2D eigenvalue weighted by atomic mass is 10.2. The van der Waals surface area contributed by atoms with Crippen molar-refractivity contribution in [1.82, 2.24) is 4.98 Å². The van der Waals surface area contributed by atoms with E-state index in [2.05, 4.69) is 32.9 Å². The number of amides is 1. The molecule has 108 valence electrons. The Kier molecular flexibility index (Phi) is 5.09. The summed E-state index contributed by atoms with van der Waals surface area (Å²) in [6.45, 7) is -0.391. The number of para-hydroxylation sites is 1. The molecule has 1 heterocycles. The van der Waals surface area contributed by atoms with Gasteiger partial charge in [0.05, 0.1) is 5.69 Å². The number of nitrogen functional groups attached to an aromatic ring is 1. The molecule has 1 aromatic heterocycles. The number of hydrogen-bond acceptors (Lipinski definition) is 5. The van der Waals surface area contributed by atoms with E-state index in [9.17, 15) is 9.59 Å². The van der Waals surface area contributed by atoms with Crippen molar-refractivity contribution in [2.45, 2.75) is 0 Å². The number of carbonyl (C=O) groups is 2. The molecule has 2 rings (SSSR count). The predicted octanol–water partition coefficient (Wildman–Crippen LogP) is 2.06. The lowest BCUT2D eigenvalue weighted by Crippen LogP contribution is -2.21. The van der Waals surface area contributed by atoms with Crippen molar-refractivity contribution in [3.8, 4) is 0 Å². The lowest BCUT2D eigenvalue weighted by molar-refractivity contribution is -0.119. The smallest absolute Gasteiger partial charge is 0.342 e. The molecule has 21 heavy (non-hydrogen) atoms. The predicted molar refractivity (Wildman–Crippen MR) is 86.7 cm³/mol. The summed E-state index contributed by atoms with van der Waals surface area (Å²) < 4.78 is 5.80. The van der Waals surface area contributed by atoms with Crippen molar-refractivity contribution < 1.29 is 14.3 Å². The first-order valence-electron chi connectivity index (χ1n) is 6.00. The van der Waals surface area contributed by atoms with Crippen molar-refractivity contribution in [3.63, 3.8) is 0 Å². The van der Waals surface area contributed by atoms with Crippen LogP contribution < -0.4 is 11.1 Å². The van der Waals surface area contributed by atoms with E-state index in [0.717, 1.165) is 3.57 Å². The van der Waals surface area contributed by atoms with E-state index in [0.29, 0.717) is 5.69 Å². The number of benzene rings is 1. The van der Waals surface area contributed by atoms with Gasteiger partial charge in [0.25, 0.3) is 5.91 Å². The summed E-state index contributed by atoms with van der Waals surface area (Å²) in [4.78, 5) is 27.3. The molecule has 2 aromatic rings. The van der Waals surface area contributed by atoms with Gasteiger partial charge >= 0.3 is 5.97 Å². The zero-order valence-corrected chi connectivity index (χ0v) is 13.0. The van der Waals surface area contributed by atoms with E-state index in [1.165, 1.54) is 12.3 Å². The van der Waals surface area contributed by atoms with Crippen LogP contribution in [0.2, 0.25) is 0 Å². The Morgan fingerprint density at radius 3 is 2.71 bits per heavy atom. The number of nitrogens with two attached hydrogens (primary N) is 1. The number of pyridine rings is 1. The van der Waals surface area contributed by atoms with Gasteiger partial charge in [-0.2, -0.15) is 0 Å². The van der Waals surface area contributed by atoms with Crippen LogP contribution in [0.3, 0.4) is 0 Å². The average molecular weight is 397 g/mol. The van der Waals surface area contributed by atoms with Gasteiger partial charge in [0.2, 0.25) is 0 Å². The van der Waals surface area contributed by atoms with Crippen LogP contribution in [0, 0.1) is 3.57 Å². The summed E-state index contributed by atoms with van der Waals surface area (Å²) in [6.07, 6.45) is 1.47. The van der Waals surface area contributed by atoms with E-state index in [1.807, 2.05) is 12.1 Å². The van der Waals surface area contributed by atoms with Gasteiger partial charge in [0, 0.05) is 9.77 Å². The summed E-state index contributed by atoms with van der Waals surface area (Å²) in [5, 5.41) is 2.66. The monoisotopic (exact) mass is 397 g/mol. The second kappa shape index (κ2) is 7.02. The van der Waals surface area contributed by atoms with Crippen molar-refractivity contribution in [2.75, 3.05) is 17.7 Å². The minimum absolute atomic E-state index is 0.0699. The van der Waals surface area contributed by atoms with E-state index >= 15 is 0 Å². The van der Waals surface area contributed by atoms with Gasteiger partial charge in [-0.3, -0.25) is 4.79 Å². The standard InChI is InChI=1S/C14H12IN3O3/c15-10-5-1-2-6-11(10)18-12(19)8-21-14(20)9-4-3-7-17-13(9)16/h1-7H,8H2,(H2,16,17)(H,18,19). The SMILES string of the molecule is Nc1ncccc1C(=O)OCC(=O)Nc1ccccc1I. The van der Waals surface area contributed by atoms with Crippen LogP contribution in [-0.2, 0) is 9.53 Å². The van der Waals surface area contributed by atoms with E-state index < -0.39 is 18.5 Å². The molecule has 0 aliphatic carbocycles. The number of nitrogens with one attached hydrogen (secondary N) is 1. The molecule has 3 N–H and O–H groups in total. The number of ether oxygens (including phenoxy) is 1. The first-order valence-corrected chi connectivity index (χ1v) is 7.08. The van der Waals surface area contributed by atoms with Gasteiger partial charge in [-0.15, -0.1) is 0 Å². The summed E-state index contributed by atoms with van der Waals surface area (Å²) in [5.41, 5.74) is 6.36. The van der Waals surface area contributed by atoms with Crippen LogP contribution in [0.4, 0.5) is 11.5 Å². The molecule has 0 aliphatic rings. The molecule has 0 unspecified atom stereocenters. The van der Waals surface area contributed by atoms with Crippen molar-refractivity contribution in [2.24, 2.45) is 0 Å². The third kappa shape index (κ3) is 4.15. The van der Waals surface area contributed by atoms with Crippen LogP contribution in [0.25, 0.3) is 0 Å². The highest BCUT2D eigenvalue weighted by Crippen LogP contribution is 2.16. The van der Waals surface area contributed by atoms with Crippen LogP contribution in [0.15, 0.2) is 42.6 Å². The molecule has 1 aromatic carbocycles. The molecule has 0 fully saturated rings. The lowest BCUT2D eigenvalue weighted by Gasteiger charge is -2.08. The fourth-order valence-corrected chi connectivity index (χ4v) is 2.07. The maximum absolute atomic E-state index is 11.8. The molecule has 0 atom stereocenters. The number of anilines is 2. The third-order valence-electron chi connectivity index (χ3n) is 2.54. The number of carbonyl (C=O) groups excluding carboxylic acids is 2. The fraction of sp³-hybridized carbons (Fsp3) is 0.0714. The number of halogens is 1. The second-order valence-corrected chi connectivity index (χ2v) is 5.20. The molecule has 0 saturated carbocycles. The Hall–Kier alpha value is -2.16. The van der Waals surface area contributed by atoms with Crippen LogP contribution in [-0.4, -0.2) is 23.5 Å². The summed E-state index contributed by atoms with van der Waals surface area (Å²) in [5.74, 6) is -1.03. The number of esters is 1. The van der Waals surface area contributed by atoms with Gasteiger partial charge in [0.15, 0.2) is 6.61 Å². The van der Waals surface area contributed by atoms with Gasteiger partial charge < -0.3 is 15.8 Å². The van der Waals surface area contributed by atoms with Gasteiger partial charge in [-0.05, 0) is 46.9 Å². The van der Waals surface area contributed by atoms with Crippen LogP contribution in [0.1, 0.15) is 10.4 Å². The first kappa shape index (κ1) is 15.2. The molecule has 0 bridgehead atoms. The van der Waals surface area contributed by atoms with E-state index in [1.54, 1.807) is 18.2 Å². The maximum atomic E-state index is 11.8. The topological polar surface area (TPSA) is 94.3 Å². The maximum Gasteiger partial charge on any atom is 0.342 e. The molecular weight excluding hydrogens is 385 g/mol. The number of hydrogen-bond donors (Lipinski definition) is 2. The Morgan fingerprint density at radius 2 is 2.00 bits per heavy atom. The largest absolute Gasteiger partial charge is 0.452 e. The number of aromatic nitrogens is 1. The summed E-state index contributed by atoms with van der Waals surface area (Å²) in [6, 6.07) is 10.4. The minimum Gasteiger partial charge on any atom is -0.452 e. The first-order chi connectivity index (χ1) is 10.1. The highest BCUT2D eigenvalue weighted by molar-refractivity contribution is 14.1. The number of rotatable bonds is 4. The average Bonchev–Trinajstić information content (AvgIpc) is 2.48. The highest BCUT2D eigenvalue weighted by atomic mass is 127. The molecule has 6 nitrogen and oxygen atoms in total. The Morgan fingerprint density at radius 1 is 1.24 bits per heavy atom. The van der Waals surface area contributed by atoms with Crippen molar-refractivity contribution in [1.29, 1.82) is 0 Å². The molecule has 0 radical (unpaired) electrons. The molecular formula is C14H12IN3O3. The molecule has 7 heteroatoms. The quantitative estimate of drug-likeness (QED) is 0.609. The molecule has 0 aliphatic heterocycles. The zero-order chi connectivity index (χ0) is 15.2. The van der Waals surface area contributed by atoms with Crippen molar-refractivity contribution >= 4 is 46.0 Å². The Bertz CT molecular complexity index is 676. The molecule has 0 spiro atoms. The second-order valence-electron chi connectivity index (χ2n) is 4.04. The van der Waals surface area contributed by atoms with E-state index in [-0.39, 0.29) is 11.4 Å². The van der Waals surface area contributed by atoms with Crippen LogP contribution in [0.5, 0.6) is 0 Å². The third-order valence-corrected chi connectivity index (χ3v) is 3.48. The molecule has 0 saturated heterocycles. The van der Waals surface area contributed by atoms with Gasteiger partial charge in [-0.25, -0.2) is 9.78 Å². The van der Waals surface area contributed by atoms with Gasteiger partial charge in [-0.1, -0.05) is 12.1 Å². The highest BCUT2D eigenvalue weighted by Gasteiger charge is 2.14. The Labute approximate surface area is 134 Å². The molecule has 1 amide bonds. The zero-order valence-electron chi connectivity index (χ0n) is 10.9. The fourth-order valence-electron chi connectivity index (χ4n) is 1.55. The summed E-state index contributed by atoms with van der Waals surface area (Å²) >= 11 is 2.10. The Balaban J connectivity index is 1.91. The normalized spacial score (nSPS) is 9.95. The minimum atomic E-state index is -0.682. The van der Waals surface area contributed by atoms with Crippen molar-refractivity contribution in [3.05, 3.63) is 51.7 Å². The number of nitrogens with zero attached hydrogens (tertiary/aromatic N) is 1. The van der Waals surface area contributed by atoms with Crippen LogP contribution >= 0.6 is 22.6 Å². The van der Waals surface area contributed by atoms with Gasteiger partial charge in [0.1, 0.15) is 11.4 Å².